The molecule has 29 heavy (non-hydrogen) atoms. The van der Waals surface area contributed by atoms with Gasteiger partial charge in [0.05, 0.1) is 12.2 Å². The summed E-state index contributed by atoms with van der Waals surface area (Å²) in [4.78, 5) is 38.9. The van der Waals surface area contributed by atoms with E-state index in [9.17, 15) is 19.5 Å². The lowest BCUT2D eigenvalue weighted by Gasteiger charge is -2.43. The summed E-state index contributed by atoms with van der Waals surface area (Å²) in [6.07, 6.45) is 0. The summed E-state index contributed by atoms with van der Waals surface area (Å²) in [6.45, 7) is 5.85. The fraction of sp³-hybridized carbons (Fsp3) is 0.381. The molecule has 8 heteroatoms. The molecule has 2 N–H and O–H groups in total. The third-order valence-electron chi connectivity index (χ3n) is 5.38. The number of aliphatic carboxylic acids is 1. The van der Waals surface area contributed by atoms with Crippen LogP contribution in [0.15, 0.2) is 36.4 Å². The number of carbonyl (C=O) groups excluding carboxylic acids is 2. The van der Waals surface area contributed by atoms with Crippen molar-refractivity contribution in [3.05, 3.63) is 42.0 Å². The van der Waals surface area contributed by atoms with Crippen molar-refractivity contribution in [1.29, 1.82) is 0 Å². The van der Waals surface area contributed by atoms with Crippen molar-refractivity contribution < 1.29 is 24.2 Å². The first-order valence-electron chi connectivity index (χ1n) is 9.44. The van der Waals surface area contributed by atoms with Crippen LogP contribution in [0.5, 0.6) is 5.75 Å². The van der Waals surface area contributed by atoms with E-state index in [0.29, 0.717) is 17.9 Å². The van der Waals surface area contributed by atoms with Crippen molar-refractivity contribution in [2.24, 2.45) is 0 Å². The van der Waals surface area contributed by atoms with Gasteiger partial charge in [0.2, 0.25) is 5.91 Å². The number of nitrogens with one attached hydrogen (secondary N) is 1. The van der Waals surface area contributed by atoms with E-state index in [0.717, 1.165) is 10.8 Å². The first kappa shape index (κ1) is 19.6. The molecule has 0 radical (unpaired) electrons. The number of carboxylic acids is 1. The van der Waals surface area contributed by atoms with Gasteiger partial charge in [0, 0.05) is 4.75 Å². The van der Waals surface area contributed by atoms with Crippen LogP contribution in [-0.2, 0) is 9.59 Å². The van der Waals surface area contributed by atoms with Gasteiger partial charge in [-0.25, -0.2) is 4.79 Å². The Morgan fingerprint density at radius 2 is 1.97 bits per heavy atom. The molecule has 2 aromatic rings. The Bertz CT molecular complexity index is 1020. The second-order valence-electron chi connectivity index (χ2n) is 7.64. The normalized spacial score (nSPS) is 24.7. The number of nitrogens with zero attached hydrogens (tertiary/aromatic N) is 1. The van der Waals surface area contributed by atoms with Crippen molar-refractivity contribution in [3.8, 4) is 5.75 Å². The molecule has 2 aliphatic heterocycles. The summed E-state index contributed by atoms with van der Waals surface area (Å²) >= 11 is 1.40. The highest BCUT2D eigenvalue weighted by molar-refractivity contribution is 8.01. The molecule has 0 spiro atoms. The number of thioether (sulfide) groups is 1. The summed E-state index contributed by atoms with van der Waals surface area (Å²) in [5.41, 5.74) is 0.383. The van der Waals surface area contributed by atoms with Gasteiger partial charge in [-0.2, -0.15) is 0 Å². The van der Waals surface area contributed by atoms with Crippen LogP contribution >= 0.6 is 11.8 Å². The third kappa shape index (κ3) is 3.02. The lowest BCUT2D eigenvalue weighted by molar-refractivity contribution is -0.159. The van der Waals surface area contributed by atoms with Crippen LogP contribution in [0.2, 0.25) is 0 Å². The third-order valence-corrected chi connectivity index (χ3v) is 6.95. The van der Waals surface area contributed by atoms with Crippen LogP contribution in [0.4, 0.5) is 0 Å². The first-order chi connectivity index (χ1) is 13.8. The predicted octanol–water partition coefficient (Wildman–Crippen LogP) is 2.48. The number of hydrogen-bond donors (Lipinski definition) is 2. The fourth-order valence-corrected chi connectivity index (χ4v) is 5.75. The second-order valence-corrected chi connectivity index (χ2v) is 9.41. The highest BCUT2D eigenvalue weighted by Gasteiger charge is 2.64. The van der Waals surface area contributed by atoms with Gasteiger partial charge < -0.3 is 20.1 Å². The first-order valence-corrected chi connectivity index (χ1v) is 10.3. The van der Waals surface area contributed by atoms with E-state index in [2.05, 4.69) is 5.32 Å². The van der Waals surface area contributed by atoms with E-state index in [1.54, 1.807) is 19.9 Å². The van der Waals surface area contributed by atoms with Gasteiger partial charge in [0.1, 0.15) is 23.2 Å². The Labute approximate surface area is 172 Å². The lowest BCUT2D eigenvalue weighted by atomic mass is 9.95. The SMILES string of the molecule is CCOc1ccc2ccccc2c1C(=O)N[C@@H]1C(=O)N2C1SC(C)(C)[C@@H]2C(=O)O. The monoisotopic (exact) mass is 414 g/mol. The van der Waals surface area contributed by atoms with E-state index in [-0.39, 0.29) is 5.91 Å². The molecule has 2 aromatic carbocycles. The van der Waals surface area contributed by atoms with E-state index in [1.165, 1.54) is 16.7 Å². The van der Waals surface area contributed by atoms with Gasteiger partial charge in [-0.1, -0.05) is 30.3 Å². The number of benzene rings is 2. The average molecular weight is 414 g/mol. The summed E-state index contributed by atoms with van der Waals surface area (Å²) in [5, 5.41) is 13.6. The zero-order chi connectivity index (χ0) is 20.9. The molecule has 0 saturated carbocycles. The molecular weight excluding hydrogens is 392 g/mol. The van der Waals surface area contributed by atoms with Crippen LogP contribution in [-0.4, -0.2) is 56.6 Å². The minimum absolute atomic E-state index is 0.368. The van der Waals surface area contributed by atoms with Crippen LogP contribution < -0.4 is 10.1 Å². The molecule has 2 saturated heterocycles. The zero-order valence-corrected chi connectivity index (χ0v) is 17.2. The number of fused-ring (bicyclic) bond motifs is 2. The minimum atomic E-state index is -1.03. The smallest absolute Gasteiger partial charge is 0.327 e. The molecule has 1 unspecified atom stereocenters. The highest BCUT2D eigenvalue weighted by Crippen LogP contribution is 2.50. The van der Waals surface area contributed by atoms with Crippen molar-refractivity contribution >= 4 is 40.3 Å². The van der Waals surface area contributed by atoms with Gasteiger partial charge in [-0.05, 0) is 37.6 Å². The number of amides is 2. The summed E-state index contributed by atoms with van der Waals surface area (Å²) in [5.74, 6) is -1.35. The molecule has 0 bridgehead atoms. The van der Waals surface area contributed by atoms with Crippen molar-refractivity contribution in [2.75, 3.05) is 6.61 Å². The fourth-order valence-electron chi connectivity index (χ4n) is 4.12. The average Bonchev–Trinajstić information content (AvgIpc) is 2.94. The van der Waals surface area contributed by atoms with Gasteiger partial charge in [-0.3, -0.25) is 9.59 Å². The van der Waals surface area contributed by atoms with Crippen LogP contribution in [0.3, 0.4) is 0 Å². The lowest BCUT2D eigenvalue weighted by Crippen LogP contribution is -2.70. The van der Waals surface area contributed by atoms with Gasteiger partial charge in [0.15, 0.2) is 0 Å². The topological polar surface area (TPSA) is 95.9 Å². The maximum Gasteiger partial charge on any atom is 0.327 e. The number of carboxylic acid groups (broad SMARTS) is 1. The van der Waals surface area contributed by atoms with Crippen LogP contribution in [0, 0.1) is 0 Å². The predicted molar refractivity (Wildman–Crippen MR) is 110 cm³/mol. The number of carbonyl (C=O) groups is 3. The Kier molecular flexibility index (Phi) is 4.69. The molecule has 0 aromatic heterocycles. The number of hydrogen-bond acceptors (Lipinski definition) is 5. The maximum absolute atomic E-state index is 13.2. The Balaban J connectivity index is 1.64. The number of rotatable bonds is 5. The molecule has 2 fully saturated rings. The van der Waals surface area contributed by atoms with Gasteiger partial charge >= 0.3 is 5.97 Å². The number of ether oxygens (including phenoxy) is 1. The summed E-state index contributed by atoms with van der Waals surface area (Å²) in [7, 11) is 0. The largest absolute Gasteiger partial charge is 0.493 e. The second kappa shape index (κ2) is 6.95. The molecule has 7 nitrogen and oxygen atoms in total. The highest BCUT2D eigenvalue weighted by atomic mass is 32.2. The molecule has 3 atom stereocenters. The zero-order valence-electron chi connectivity index (χ0n) is 16.3. The van der Waals surface area contributed by atoms with Crippen LogP contribution in [0.1, 0.15) is 31.1 Å². The minimum Gasteiger partial charge on any atom is -0.493 e. The van der Waals surface area contributed by atoms with Crippen LogP contribution in [0.25, 0.3) is 10.8 Å². The van der Waals surface area contributed by atoms with Gasteiger partial charge in [-0.15, -0.1) is 11.8 Å². The van der Waals surface area contributed by atoms with Crippen molar-refractivity contribution in [2.45, 2.75) is 43.0 Å². The quantitative estimate of drug-likeness (QED) is 0.730. The molecule has 4 rings (SSSR count). The van der Waals surface area contributed by atoms with E-state index in [1.807, 2.05) is 37.3 Å². The molecular formula is C21H22N2O5S. The summed E-state index contributed by atoms with van der Waals surface area (Å²) < 4.78 is 5.02. The van der Waals surface area contributed by atoms with E-state index in [4.69, 9.17) is 4.74 Å². The van der Waals surface area contributed by atoms with E-state index >= 15 is 0 Å². The van der Waals surface area contributed by atoms with Crippen molar-refractivity contribution in [1.82, 2.24) is 10.2 Å². The Hall–Kier alpha value is -2.74. The number of β-lactam (4-membered cyclic amide) rings is 1. The molecule has 2 heterocycles. The molecule has 152 valence electrons. The maximum atomic E-state index is 13.2. The summed E-state index contributed by atoms with van der Waals surface area (Å²) in [6, 6.07) is 9.46. The Morgan fingerprint density at radius 1 is 1.24 bits per heavy atom. The van der Waals surface area contributed by atoms with E-state index < -0.39 is 34.1 Å². The Morgan fingerprint density at radius 3 is 2.66 bits per heavy atom. The molecule has 2 aliphatic rings. The standard InChI is InChI=1S/C21H22N2O5S/c1-4-28-13-10-9-11-7-5-6-8-12(11)14(13)17(24)22-15-18(25)23-16(20(26)27)21(2,3)29-19(15)23/h5-10,15-16,19H,4H2,1-3H3,(H,22,24)(H,26,27)/t15-,16+,19?/m1/s1. The molecule has 0 aliphatic carbocycles. The van der Waals surface area contributed by atoms with Gasteiger partial charge in [0.25, 0.3) is 5.91 Å². The van der Waals surface area contributed by atoms with Crippen molar-refractivity contribution in [3.63, 3.8) is 0 Å². The molecule has 2 amide bonds.